The van der Waals surface area contributed by atoms with Crippen molar-refractivity contribution in [1.82, 2.24) is 0 Å². The second kappa shape index (κ2) is 7.12. The highest BCUT2D eigenvalue weighted by molar-refractivity contribution is 5.99. The molecule has 28 heavy (non-hydrogen) atoms. The Morgan fingerprint density at radius 2 is 1.61 bits per heavy atom. The molecule has 0 aliphatic carbocycles. The van der Waals surface area contributed by atoms with Crippen molar-refractivity contribution in [2.45, 2.75) is 38.5 Å². The number of ether oxygens (including phenoxy) is 2. The quantitative estimate of drug-likeness (QED) is 0.602. The van der Waals surface area contributed by atoms with Gasteiger partial charge in [0.05, 0.1) is 0 Å². The van der Waals surface area contributed by atoms with Crippen LogP contribution in [0.25, 0.3) is 10.8 Å². The normalized spacial score (nSPS) is 19.2. The molecule has 4 nitrogen and oxygen atoms in total. The van der Waals surface area contributed by atoms with Gasteiger partial charge in [-0.15, -0.1) is 0 Å². The zero-order valence-corrected chi connectivity index (χ0v) is 16.3. The Kier molecular flexibility index (Phi) is 4.63. The number of esters is 1. The Morgan fingerprint density at radius 3 is 2.36 bits per heavy atom. The summed E-state index contributed by atoms with van der Waals surface area (Å²) < 4.78 is 11.9. The Morgan fingerprint density at radius 1 is 0.929 bits per heavy atom. The monoisotopic (exact) mass is 373 g/mol. The highest BCUT2D eigenvalue weighted by Gasteiger charge is 2.41. The van der Waals surface area contributed by atoms with E-state index in [2.05, 4.69) is 17.1 Å². The maximum atomic E-state index is 12.9. The van der Waals surface area contributed by atoms with Crippen molar-refractivity contribution in [3.8, 4) is 0 Å². The van der Waals surface area contributed by atoms with Crippen LogP contribution >= 0.6 is 0 Å². The van der Waals surface area contributed by atoms with E-state index in [0.717, 1.165) is 21.9 Å². The van der Waals surface area contributed by atoms with Gasteiger partial charge in [-0.3, -0.25) is 0 Å². The highest BCUT2D eigenvalue weighted by Crippen LogP contribution is 2.36. The molecule has 1 aliphatic heterocycles. The number of carbonyl (C=O) groups is 1. The van der Waals surface area contributed by atoms with Crippen LogP contribution < -0.4 is 0 Å². The number of carbonyl (C=O) groups excluding carboxylic acids is 1. The van der Waals surface area contributed by atoms with E-state index in [1.54, 1.807) is 0 Å². The van der Waals surface area contributed by atoms with Gasteiger partial charge in [0.15, 0.2) is 12.1 Å². The topological polar surface area (TPSA) is 47.9 Å². The van der Waals surface area contributed by atoms with Crippen molar-refractivity contribution >= 4 is 22.6 Å². The van der Waals surface area contributed by atoms with Gasteiger partial charge in [0.25, 0.3) is 0 Å². The Balaban J connectivity index is 1.77. The molecule has 0 aromatic heterocycles. The summed E-state index contributed by atoms with van der Waals surface area (Å²) in [4.78, 5) is 17.6. The van der Waals surface area contributed by atoms with Crippen molar-refractivity contribution in [2.24, 2.45) is 4.99 Å². The lowest BCUT2D eigenvalue weighted by molar-refractivity contribution is -0.158. The fourth-order valence-corrected chi connectivity index (χ4v) is 3.40. The number of nitrogens with zero attached hydrogens (tertiary/aromatic N) is 1. The predicted octanol–water partition coefficient (Wildman–Crippen LogP) is 5.07. The smallest absolute Gasteiger partial charge is 0.335 e. The van der Waals surface area contributed by atoms with Crippen LogP contribution in [0.4, 0.5) is 0 Å². The molecule has 0 spiro atoms. The molecule has 1 heterocycles. The largest absolute Gasteiger partial charge is 0.466 e. The minimum absolute atomic E-state index is 0.378. The standard InChI is InChI=1S/C24H23NO3/c1-24(2,3)28-23(26)20-21(27-22(25-20)17-11-5-4-6-12-17)19-15-9-13-16-10-7-8-14-18(16)19/h4-15,20-21H,1-3H3/t20-,21-/m0/s1. The summed E-state index contributed by atoms with van der Waals surface area (Å²) in [6.45, 7) is 5.57. The molecule has 0 N–H and O–H groups in total. The van der Waals surface area contributed by atoms with Gasteiger partial charge in [0.2, 0.25) is 5.90 Å². The minimum atomic E-state index is -0.750. The number of hydrogen-bond donors (Lipinski definition) is 0. The van der Waals surface area contributed by atoms with Gasteiger partial charge in [0.1, 0.15) is 5.60 Å². The van der Waals surface area contributed by atoms with Crippen LogP contribution in [-0.2, 0) is 14.3 Å². The first-order valence-electron chi connectivity index (χ1n) is 9.43. The molecule has 4 rings (SSSR count). The number of hydrogen-bond acceptors (Lipinski definition) is 4. The van der Waals surface area contributed by atoms with E-state index >= 15 is 0 Å². The van der Waals surface area contributed by atoms with E-state index in [1.165, 1.54) is 0 Å². The third-order valence-electron chi connectivity index (χ3n) is 4.58. The number of rotatable bonds is 3. The molecule has 142 valence electrons. The molecule has 0 fully saturated rings. The number of benzene rings is 3. The van der Waals surface area contributed by atoms with E-state index in [9.17, 15) is 4.79 Å². The molecule has 0 bridgehead atoms. The molecule has 2 atom stereocenters. The zero-order valence-electron chi connectivity index (χ0n) is 16.3. The minimum Gasteiger partial charge on any atom is -0.466 e. The number of aliphatic imine (C=N–C) groups is 1. The molecule has 3 aromatic rings. The van der Waals surface area contributed by atoms with Crippen molar-refractivity contribution in [1.29, 1.82) is 0 Å². The molecule has 0 amide bonds. The summed E-state index contributed by atoms with van der Waals surface area (Å²) in [5.41, 5.74) is 1.19. The third kappa shape index (κ3) is 3.63. The van der Waals surface area contributed by atoms with Crippen LogP contribution in [0, 0.1) is 0 Å². The van der Waals surface area contributed by atoms with Gasteiger partial charge in [-0.25, -0.2) is 9.79 Å². The molecule has 3 aromatic carbocycles. The average Bonchev–Trinajstić information content (AvgIpc) is 3.12. The van der Waals surface area contributed by atoms with E-state index in [4.69, 9.17) is 9.47 Å². The van der Waals surface area contributed by atoms with Crippen molar-refractivity contribution in [3.05, 3.63) is 83.9 Å². The maximum absolute atomic E-state index is 12.9. The summed E-state index contributed by atoms with van der Waals surface area (Å²) >= 11 is 0. The predicted molar refractivity (Wildman–Crippen MR) is 110 cm³/mol. The first-order chi connectivity index (χ1) is 13.4. The van der Waals surface area contributed by atoms with Gasteiger partial charge in [-0.05, 0) is 43.7 Å². The molecule has 0 radical (unpaired) electrons. The lowest BCUT2D eigenvalue weighted by Crippen LogP contribution is -2.33. The fourth-order valence-electron chi connectivity index (χ4n) is 3.40. The maximum Gasteiger partial charge on any atom is 0.335 e. The summed E-state index contributed by atoms with van der Waals surface area (Å²) in [5, 5.41) is 2.15. The van der Waals surface area contributed by atoms with Crippen LogP contribution in [-0.4, -0.2) is 23.5 Å². The van der Waals surface area contributed by atoms with E-state index in [-0.39, 0.29) is 5.97 Å². The van der Waals surface area contributed by atoms with Gasteiger partial charge in [-0.1, -0.05) is 60.7 Å². The average molecular weight is 373 g/mol. The first kappa shape index (κ1) is 18.2. The molecule has 0 unspecified atom stereocenters. The van der Waals surface area contributed by atoms with Crippen molar-refractivity contribution < 1.29 is 14.3 Å². The Hall–Kier alpha value is -3.14. The molecule has 1 aliphatic rings. The highest BCUT2D eigenvalue weighted by atomic mass is 16.6. The van der Waals surface area contributed by atoms with Crippen LogP contribution in [0.1, 0.15) is 38.0 Å². The Labute approximate surface area is 164 Å². The lowest BCUT2D eigenvalue weighted by Gasteiger charge is -2.24. The van der Waals surface area contributed by atoms with Gasteiger partial charge in [-0.2, -0.15) is 0 Å². The molecule has 0 saturated heterocycles. The van der Waals surface area contributed by atoms with Crippen LogP contribution in [0.2, 0.25) is 0 Å². The molecule has 4 heteroatoms. The Bertz CT molecular complexity index is 1030. The van der Waals surface area contributed by atoms with Gasteiger partial charge < -0.3 is 9.47 Å². The summed E-state index contributed by atoms with van der Waals surface area (Å²) in [5.74, 6) is 0.0887. The number of fused-ring (bicyclic) bond motifs is 1. The van der Waals surface area contributed by atoms with Gasteiger partial charge in [0, 0.05) is 11.1 Å². The first-order valence-corrected chi connectivity index (χ1v) is 9.43. The third-order valence-corrected chi connectivity index (χ3v) is 4.58. The summed E-state index contributed by atoms with van der Waals surface area (Å²) in [6.07, 6.45) is -0.531. The molecular formula is C24H23NO3. The van der Waals surface area contributed by atoms with E-state index < -0.39 is 17.7 Å². The second-order valence-electron chi connectivity index (χ2n) is 7.89. The van der Waals surface area contributed by atoms with E-state index in [0.29, 0.717) is 5.90 Å². The van der Waals surface area contributed by atoms with E-state index in [1.807, 2.05) is 81.4 Å². The lowest BCUT2D eigenvalue weighted by atomic mass is 9.96. The van der Waals surface area contributed by atoms with Gasteiger partial charge >= 0.3 is 5.97 Å². The summed E-state index contributed by atoms with van der Waals surface area (Å²) in [7, 11) is 0. The fraction of sp³-hybridized carbons (Fsp3) is 0.250. The SMILES string of the molecule is CC(C)(C)OC(=O)[C@H]1N=C(c2ccccc2)O[C@H]1c1cccc2ccccc12. The van der Waals surface area contributed by atoms with Crippen LogP contribution in [0.5, 0.6) is 0 Å². The van der Waals surface area contributed by atoms with Crippen LogP contribution in [0.15, 0.2) is 77.8 Å². The second-order valence-corrected chi connectivity index (χ2v) is 7.89. The van der Waals surface area contributed by atoms with Crippen molar-refractivity contribution in [2.75, 3.05) is 0 Å². The molecule has 0 saturated carbocycles. The molecular weight excluding hydrogens is 350 g/mol. The summed E-state index contributed by atoms with van der Waals surface area (Å²) in [6, 6.07) is 23.0. The van der Waals surface area contributed by atoms with Crippen molar-refractivity contribution in [3.63, 3.8) is 0 Å². The van der Waals surface area contributed by atoms with Crippen LogP contribution in [0.3, 0.4) is 0 Å². The zero-order chi connectivity index (χ0) is 19.7.